The summed E-state index contributed by atoms with van der Waals surface area (Å²) in [5, 5.41) is 0. The molecule has 1 aromatic heterocycles. The van der Waals surface area contributed by atoms with Gasteiger partial charge in [-0.1, -0.05) is 26.7 Å². The minimum absolute atomic E-state index is 0.570. The molecule has 1 heterocycles. The highest BCUT2D eigenvalue weighted by Gasteiger charge is 2.06. The van der Waals surface area contributed by atoms with Gasteiger partial charge in [0.25, 0.3) is 0 Å². The van der Waals surface area contributed by atoms with Crippen molar-refractivity contribution in [1.29, 1.82) is 0 Å². The predicted molar refractivity (Wildman–Crippen MR) is 73.2 cm³/mol. The number of aromatic nitrogens is 2. The van der Waals surface area contributed by atoms with Crippen LogP contribution in [0.3, 0.4) is 0 Å². The van der Waals surface area contributed by atoms with Gasteiger partial charge in [-0.2, -0.15) is 0 Å². The van der Waals surface area contributed by atoms with Crippen molar-refractivity contribution in [2.24, 2.45) is 0 Å². The summed E-state index contributed by atoms with van der Waals surface area (Å²) >= 11 is 0. The molecule has 17 heavy (non-hydrogen) atoms. The SMILES string of the molecule is CCCCCN(C)c1cc(N)nc(CCC)n1. The second-order valence-corrected chi connectivity index (χ2v) is 4.45. The Bertz CT molecular complexity index is 338. The third-order valence-electron chi connectivity index (χ3n) is 2.74. The van der Waals surface area contributed by atoms with Crippen molar-refractivity contribution in [3.8, 4) is 0 Å². The van der Waals surface area contributed by atoms with Crippen LogP contribution >= 0.6 is 0 Å². The first-order valence-corrected chi connectivity index (χ1v) is 6.52. The number of nitrogen functional groups attached to an aromatic ring is 1. The van der Waals surface area contributed by atoms with Crippen LogP contribution in [0.25, 0.3) is 0 Å². The lowest BCUT2D eigenvalue weighted by Crippen LogP contribution is -2.20. The highest BCUT2D eigenvalue weighted by molar-refractivity contribution is 5.46. The average molecular weight is 236 g/mol. The van der Waals surface area contributed by atoms with E-state index in [4.69, 9.17) is 5.73 Å². The summed E-state index contributed by atoms with van der Waals surface area (Å²) < 4.78 is 0. The van der Waals surface area contributed by atoms with Crippen LogP contribution in [0.5, 0.6) is 0 Å². The van der Waals surface area contributed by atoms with Crippen molar-refractivity contribution < 1.29 is 0 Å². The van der Waals surface area contributed by atoms with Gasteiger partial charge < -0.3 is 10.6 Å². The fourth-order valence-corrected chi connectivity index (χ4v) is 1.75. The smallest absolute Gasteiger partial charge is 0.134 e. The van der Waals surface area contributed by atoms with Crippen LogP contribution in [0, 0.1) is 0 Å². The zero-order chi connectivity index (χ0) is 12.7. The summed E-state index contributed by atoms with van der Waals surface area (Å²) in [6.07, 6.45) is 5.62. The van der Waals surface area contributed by atoms with E-state index in [1.807, 2.05) is 6.07 Å². The fraction of sp³-hybridized carbons (Fsp3) is 0.692. The first-order valence-electron chi connectivity index (χ1n) is 6.52. The van der Waals surface area contributed by atoms with E-state index < -0.39 is 0 Å². The molecule has 4 nitrogen and oxygen atoms in total. The topological polar surface area (TPSA) is 55.0 Å². The van der Waals surface area contributed by atoms with E-state index in [0.29, 0.717) is 5.82 Å². The number of hydrogen-bond acceptors (Lipinski definition) is 4. The number of rotatable bonds is 7. The Morgan fingerprint density at radius 2 is 1.94 bits per heavy atom. The summed E-state index contributed by atoms with van der Waals surface area (Å²) in [4.78, 5) is 10.9. The highest BCUT2D eigenvalue weighted by Crippen LogP contribution is 2.14. The number of nitrogens with zero attached hydrogens (tertiary/aromatic N) is 3. The minimum atomic E-state index is 0.570. The molecule has 96 valence electrons. The molecule has 0 amide bonds. The molecule has 0 aliphatic heterocycles. The molecule has 1 aromatic rings. The third-order valence-corrected chi connectivity index (χ3v) is 2.74. The number of hydrogen-bond donors (Lipinski definition) is 1. The molecule has 0 atom stereocenters. The van der Waals surface area contributed by atoms with E-state index in [1.165, 1.54) is 19.3 Å². The van der Waals surface area contributed by atoms with Crippen molar-refractivity contribution in [3.63, 3.8) is 0 Å². The van der Waals surface area contributed by atoms with Crippen LogP contribution in [0.15, 0.2) is 6.07 Å². The molecule has 2 N–H and O–H groups in total. The number of nitrogens with two attached hydrogens (primary N) is 1. The molecular formula is C13H24N4. The standard InChI is InChI=1S/C13H24N4/c1-4-6-7-9-17(3)13-10-11(14)15-12(16-13)8-5-2/h10H,4-9H2,1-3H3,(H2,14,15,16). The first kappa shape index (κ1) is 13.7. The molecule has 4 heteroatoms. The zero-order valence-electron chi connectivity index (χ0n) is 11.2. The van der Waals surface area contributed by atoms with E-state index in [9.17, 15) is 0 Å². The van der Waals surface area contributed by atoms with Crippen molar-refractivity contribution in [2.75, 3.05) is 24.2 Å². The summed E-state index contributed by atoms with van der Waals surface area (Å²) in [7, 11) is 2.06. The monoisotopic (exact) mass is 236 g/mol. The minimum Gasteiger partial charge on any atom is -0.384 e. The van der Waals surface area contributed by atoms with Crippen LogP contribution in [0.2, 0.25) is 0 Å². The quantitative estimate of drug-likeness (QED) is 0.739. The van der Waals surface area contributed by atoms with Crippen molar-refractivity contribution >= 4 is 11.6 Å². The predicted octanol–water partition coefficient (Wildman–Crippen LogP) is 2.64. The number of aryl methyl sites for hydroxylation is 1. The van der Waals surface area contributed by atoms with E-state index in [0.717, 1.165) is 31.0 Å². The highest BCUT2D eigenvalue weighted by atomic mass is 15.2. The van der Waals surface area contributed by atoms with Crippen LogP contribution < -0.4 is 10.6 Å². The first-order chi connectivity index (χ1) is 8.17. The van der Waals surface area contributed by atoms with Gasteiger partial charge in [-0.15, -0.1) is 0 Å². The fourth-order valence-electron chi connectivity index (χ4n) is 1.75. The van der Waals surface area contributed by atoms with Gasteiger partial charge in [0.1, 0.15) is 17.5 Å². The number of anilines is 2. The normalized spacial score (nSPS) is 10.5. The van der Waals surface area contributed by atoms with Gasteiger partial charge in [-0.25, -0.2) is 9.97 Å². The van der Waals surface area contributed by atoms with E-state index in [-0.39, 0.29) is 0 Å². The Morgan fingerprint density at radius 3 is 2.59 bits per heavy atom. The van der Waals surface area contributed by atoms with Gasteiger partial charge in [0, 0.05) is 26.1 Å². The molecule has 0 aromatic carbocycles. The molecular weight excluding hydrogens is 212 g/mol. The van der Waals surface area contributed by atoms with Crippen molar-refractivity contribution in [2.45, 2.75) is 46.0 Å². The van der Waals surface area contributed by atoms with Crippen LogP contribution in [-0.4, -0.2) is 23.6 Å². The second-order valence-electron chi connectivity index (χ2n) is 4.45. The maximum Gasteiger partial charge on any atom is 0.134 e. The van der Waals surface area contributed by atoms with Gasteiger partial charge in [0.15, 0.2) is 0 Å². The molecule has 0 saturated heterocycles. The lowest BCUT2D eigenvalue weighted by atomic mass is 10.2. The average Bonchev–Trinajstić information content (AvgIpc) is 2.29. The molecule has 0 spiro atoms. The Kier molecular flexibility index (Phi) is 5.73. The summed E-state index contributed by atoms with van der Waals surface area (Å²) in [6.45, 7) is 5.36. The molecule has 0 bridgehead atoms. The van der Waals surface area contributed by atoms with Gasteiger partial charge in [0.2, 0.25) is 0 Å². The maximum atomic E-state index is 5.80. The third kappa shape index (κ3) is 4.59. The molecule has 0 unspecified atom stereocenters. The largest absolute Gasteiger partial charge is 0.384 e. The lowest BCUT2D eigenvalue weighted by molar-refractivity contribution is 0.698. The Labute approximate surface area is 104 Å². The maximum absolute atomic E-state index is 5.80. The molecule has 1 rings (SSSR count). The Balaban J connectivity index is 2.67. The zero-order valence-corrected chi connectivity index (χ0v) is 11.2. The molecule has 0 fully saturated rings. The van der Waals surface area contributed by atoms with Crippen LogP contribution in [0.4, 0.5) is 11.6 Å². The van der Waals surface area contributed by atoms with Gasteiger partial charge in [0.05, 0.1) is 0 Å². The van der Waals surface area contributed by atoms with E-state index in [2.05, 4.69) is 35.8 Å². The number of unbranched alkanes of at least 4 members (excludes halogenated alkanes) is 2. The van der Waals surface area contributed by atoms with Gasteiger partial charge >= 0.3 is 0 Å². The van der Waals surface area contributed by atoms with Crippen molar-refractivity contribution in [3.05, 3.63) is 11.9 Å². The Hall–Kier alpha value is -1.32. The summed E-state index contributed by atoms with van der Waals surface area (Å²) in [5.41, 5.74) is 5.80. The second kappa shape index (κ2) is 7.09. The van der Waals surface area contributed by atoms with E-state index in [1.54, 1.807) is 0 Å². The molecule has 0 aliphatic carbocycles. The lowest BCUT2D eigenvalue weighted by Gasteiger charge is -2.18. The van der Waals surface area contributed by atoms with Gasteiger partial charge in [-0.05, 0) is 12.8 Å². The van der Waals surface area contributed by atoms with Crippen molar-refractivity contribution in [1.82, 2.24) is 9.97 Å². The van der Waals surface area contributed by atoms with Gasteiger partial charge in [-0.3, -0.25) is 0 Å². The van der Waals surface area contributed by atoms with Crippen LogP contribution in [0.1, 0.15) is 45.4 Å². The summed E-state index contributed by atoms with van der Waals surface area (Å²) in [6, 6.07) is 1.85. The molecule has 0 aliphatic rings. The molecule has 0 saturated carbocycles. The van der Waals surface area contributed by atoms with E-state index >= 15 is 0 Å². The molecule has 0 radical (unpaired) electrons. The summed E-state index contributed by atoms with van der Waals surface area (Å²) in [5.74, 6) is 2.36. The Morgan fingerprint density at radius 1 is 1.18 bits per heavy atom. The van der Waals surface area contributed by atoms with Crippen LogP contribution in [-0.2, 0) is 6.42 Å².